The first kappa shape index (κ1) is 29.5. The molecule has 0 heterocycles. The minimum absolute atomic E-state index is 0.0406. The second kappa shape index (κ2) is 13.1. The Kier molecular flexibility index (Phi) is 9.93. The molecule has 8 heteroatoms. The number of carbonyl (C=O) groups is 1. The minimum atomic E-state index is -1.70. The van der Waals surface area contributed by atoms with E-state index in [0.717, 1.165) is 11.1 Å². The molecule has 0 aliphatic carbocycles. The first-order chi connectivity index (χ1) is 18.7. The Labute approximate surface area is 229 Å². The normalized spacial score (nSPS) is 13.4. The van der Waals surface area contributed by atoms with Crippen LogP contribution in [0, 0.1) is 12.7 Å². The van der Waals surface area contributed by atoms with E-state index in [1.54, 1.807) is 45.4 Å². The van der Waals surface area contributed by atoms with Crippen LogP contribution in [0.4, 0.5) is 13.6 Å². The standard InChI is InChI=1S/C31H36F2N2O4/c1-7-10-29(33)31(3,25-11-8-9-12-26(25)32)34-30(36)35(19-22-14-13-21(2)17-27(22)38-5)20-23-15-16-24(37-4)18-28(23)39-6/h7-18,29H,19-20H2,1-6H3,(H,34,36)/b10-7+/t29-,31+/m0/s1. The van der Waals surface area contributed by atoms with Crippen LogP contribution in [0.25, 0.3) is 0 Å². The largest absolute Gasteiger partial charge is 0.497 e. The number of allylic oxidation sites excluding steroid dienone is 1. The fraction of sp³-hybridized carbons (Fsp3) is 0.323. The quantitative estimate of drug-likeness (QED) is 0.276. The molecule has 2 amide bonds. The lowest BCUT2D eigenvalue weighted by molar-refractivity contribution is 0.153. The van der Waals surface area contributed by atoms with Gasteiger partial charge in [0.2, 0.25) is 0 Å². The summed E-state index contributed by atoms with van der Waals surface area (Å²) in [5.41, 5.74) is 0.816. The van der Waals surface area contributed by atoms with Gasteiger partial charge in [0.15, 0.2) is 0 Å². The summed E-state index contributed by atoms with van der Waals surface area (Å²) in [5, 5.41) is 2.80. The predicted molar refractivity (Wildman–Crippen MR) is 149 cm³/mol. The van der Waals surface area contributed by atoms with Crippen LogP contribution in [0.15, 0.2) is 72.8 Å². The number of rotatable bonds is 11. The lowest BCUT2D eigenvalue weighted by Crippen LogP contribution is -2.54. The smallest absolute Gasteiger partial charge is 0.318 e. The summed E-state index contributed by atoms with van der Waals surface area (Å²) < 4.78 is 47.0. The fourth-order valence-electron chi connectivity index (χ4n) is 4.41. The molecule has 0 aromatic heterocycles. The molecule has 0 fully saturated rings. The van der Waals surface area contributed by atoms with Crippen molar-refractivity contribution in [2.24, 2.45) is 0 Å². The average Bonchev–Trinajstić information content (AvgIpc) is 2.93. The number of alkyl halides is 1. The van der Waals surface area contributed by atoms with Gasteiger partial charge in [-0.1, -0.05) is 42.5 Å². The van der Waals surface area contributed by atoms with Gasteiger partial charge in [-0.25, -0.2) is 13.6 Å². The van der Waals surface area contributed by atoms with E-state index in [4.69, 9.17) is 14.2 Å². The van der Waals surface area contributed by atoms with E-state index in [1.807, 2.05) is 25.1 Å². The third kappa shape index (κ3) is 6.88. The molecule has 3 aromatic carbocycles. The highest BCUT2D eigenvalue weighted by atomic mass is 19.1. The Morgan fingerprint density at radius 3 is 2.18 bits per heavy atom. The molecule has 1 N–H and O–H groups in total. The number of nitrogens with zero attached hydrogens (tertiary/aromatic N) is 1. The van der Waals surface area contributed by atoms with E-state index in [0.29, 0.717) is 22.8 Å². The zero-order chi connectivity index (χ0) is 28.6. The van der Waals surface area contributed by atoms with Crippen molar-refractivity contribution in [1.29, 1.82) is 0 Å². The number of halogens is 2. The Morgan fingerprint density at radius 2 is 1.59 bits per heavy atom. The Hall–Kier alpha value is -4.07. The molecule has 6 nitrogen and oxygen atoms in total. The van der Waals surface area contributed by atoms with Gasteiger partial charge in [0.1, 0.15) is 34.8 Å². The summed E-state index contributed by atoms with van der Waals surface area (Å²) in [6.07, 6.45) is 1.13. The summed E-state index contributed by atoms with van der Waals surface area (Å²) in [6.45, 7) is 5.35. The number of ether oxygens (including phenoxy) is 3. The number of methoxy groups -OCH3 is 3. The van der Waals surface area contributed by atoms with Crippen molar-refractivity contribution in [1.82, 2.24) is 10.2 Å². The van der Waals surface area contributed by atoms with Gasteiger partial charge in [0.05, 0.1) is 34.4 Å². The molecule has 3 rings (SSSR count). The van der Waals surface area contributed by atoms with Crippen molar-refractivity contribution in [2.45, 2.75) is 45.6 Å². The van der Waals surface area contributed by atoms with Crippen LogP contribution in [0.3, 0.4) is 0 Å². The number of nitrogens with one attached hydrogen (secondary N) is 1. The van der Waals surface area contributed by atoms with Crippen molar-refractivity contribution in [3.05, 3.63) is 101 Å². The SMILES string of the molecule is C/C=C/[C@H](F)[C@](C)(NC(=O)N(Cc1ccc(C)cc1OC)Cc1ccc(OC)cc1OC)c1ccccc1F. The van der Waals surface area contributed by atoms with Crippen molar-refractivity contribution in [2.75, 3.05) is 21.3 Å². The molecule has 0 bridgehead atoms. The van der Waals surface area contributed by atoms with Crippen molar-refractivity contribution >= 4 is 6.03 Å². The van der Waals surface area contributed by atoms with Crippen LogP contribution in [-0.4, -0.2) is 38.4 Å². The fourth-order valence-corrected chi connectivity index (χ4v) is 4.41. The average molecular weight is 539 g/mol. The van der Waals surface area contributed by atoms with E-state index in [1.165, 1.54) is 49.3 Å². The highest BCUT2D eigenvalue weighted by molar-refractivity contribution is 5.76. The number of benzene rings is 3. The maximum absolute atomic E-state index is 15.6. The van der Waals surface area contributed by atoms with Crippen molar-refractivity contribution < 1.29 is 27.8 Å². The molecule has 0 spiro atoms. The molecule has 2 atom stereocenters. The zero-order valence-electron chi connectivity index (χ0n) is 23.3. The van der Waals surface area contributed by atoms with E-state index in [-0.39, 0.29) is 18.7 Å². The zero-order valence-corrected chi connectivity index (χ0v) is 23.3. The van der Waals surface area contributed by atoms with Gasteiger partial charge < -0.3 is 24.4 Å². The molecule has 3 aromatic rings. The third-order valence-electron chi connectivity index (χ3n) is 6.66. The number of aryl methyl sites for hydroxylation is 1. The van der Waals surface area contributed by atoms with Crippen molar-refractivity contribution in [3.63, 3.8) is 0 Å². The topological polar surface area (TPSA) is 60.0 Å². The van der Waals surface area contributed by atoms with Crippen LogP contribution in [0.5, 0.6) is 17.2 Å². The molecule has 0 aliphatic rings. The van der Waals surface area contributed by atoms with Gasteiger partial charge >= 0.3 is 6.03 Å². The Morgan fingerprint density at radius 1 is 0.974 bits per heavy atom. The second-order valence-electron chi connectivity index (χ2n) is 9.39. The Bertz CT molecular complexity index is 1310. The summed E-state index contributed by atoms with van der Waals surface area (Å²) in [5.74, 6) is 1.13. The lowest BCUT2D eigenvalue weighted by Gasteiger charge is -2.36. The Balaban J connectivity index is 2.06. The first-order valence-corrected chi connectivity index (χ1v) is 12.6. The maximum Gasteiger partial charge on any atom is 0.318 e. The van der Waals surface area contributed by atoms with Crippen LogP contribution >= 0.6 is 0 Å². The molecule has 0 aliphatic heterocycles. The van der Waals surface area contributed by atoms with Crippen molar-refractivity contribution in [3.8, 4) is 17.2 Å². The number of carbonyl (C=O) groups excluding carboxylic acids is 1. The molecule has 39 heavy (non-hydrogen) atoms. The van der Waals surface area contributed by atoms with E-state index in [9.17, 15) is 9.18 Å². The summed E-state index contributed by atoms with van der Waals surface area (Å²) in [7, 11) is 4.65. The van der Waals surface area contributed by atoms with Crippen LogP contribution < -0.4 is 19.5 Å². The third-order valence-corrected chi connectivity index (χ3v) is 6.66. The minimum Gasteiger partial charge on any atom is -0.497 e. The van der Waals surface area contributed by atoms with Gasteiger partial charge in [-0.3, -0.25) is 0 Å². The second-order valence-corrected chi connectivity index (χ2v) is 9.39. The molecule has 208 valence electrons. The van der Waals surface area contributed by atoms with Gasteiger partial charge in [-0.15, -0.1) is 0 Å². The molecule has 0 saturated heterocycles. The van der Waals surface area contributed by atoms with Gasteiger partial charge in [-0.2, -0.15) is 0 Å². The summed E-state index contributed by atoms with van der Waals surface area (Å²) >= 11 is 0. The molecule has 0 saturated carbocycles. The lowest BCUT2D eigenvalue weighted by atomic mass is 9.86. The summed E-state index contributed by atoms with van der Waals surface area (Å²) in [6, 6.07) is 16.3. The van der Waals surface area contributed by atoms with E-state index < -0.39 is 23.6 Å². The van der Waals surface area contributed by atoms with Gasteiger partial charge in [0, 0.05) is 22.8 Å². The number of urea groups is 1. The van der Waals surface area contributed by atoms with Gasteiger partial charge in [-0.05, 0) is 50.6 Å². The van der Waals surface area contributed by atoms with E-state index in [2.05, 4.69) is 5.32 Å². The summed E-state index contributed by atoms with van der Waals surface area (Å²) in [4.78, 5) is 15.5. The predicted octanol–water partition coefficient (Wildman–Crippen LogP) is 6.70. The maximum atomic E-state index is 15.6. The van der Waals surface area contributed by atoms with E-state index >= 15 is 4.39 Å². The molecule has 0 unspecified atom stereocenters. The highest BCUT2D eigenvalue weighted by Crippen LogP contribution is 2.32. The molecule has 0 radical (unpaired) electrons. The van der Waals surface area contributed by atoms with Gasteiger partial charge in [0.25, 0.3) is 0 Å². The number of hydrogen-bond donors (Lipinski definition) is 1. The molecular weight excluding hydrogens is 502 g/mol. The van der Waals surface area contributed by atoms with Crippen LogP contribution in [0.2, 0.25) is 0 Å². The van der Waals surface area contributed by atoms with Crippen LogP contribution in [-0.2, 0) is 18.6 Å². The monoisotopic (exact) mass is 538 g/mol. The number of hydrogen-bond acceptors (Lipinski definition) is 4. The van der Waals surface area contributed by atoms with Crippen LogP contribution in [0.1, 0.15) is 36.1 Å². The molecular formula is C31H36F2N2O4. The first-order valence-electron chi connectivity index (χ1n) is 12.6. The highest BCUT2D eigenvalue weighted by Gasteiger charge is 2.40. The number of amides is 2.